The van der Waals surface area contributed by atoms with Gasteiger partial charge in [-0.2, -0.15) is 0 Å². The fraction of sp³-hybridized carbons (Fsp3) is 0.167. The van der Waals surface area contributed by atoms with E-state index in [1.54, 1.807) is 6.07 Å². The fourth-order valence-electron chi connectivity index (χ4n) is 1.76. The van der Waals surface area contributed by atoms with Gasteiger partial charge in [0.15, 0.2) is 17.3 Å². The van der Waals surface area contributed by atoms with E-state index in [9.17, 15) is 0 Å². The van der Waals surface area contributed by atoms with Crippen LogP contribution < -0.4 is 15.2 Å². The molecule has 1 aromatic carbocycles. The van der Waals surface area contributed by atoms with Crippen LogP contribution in [0, 0.1) is 6.92 Å². The van der Waals surface area contributed by atoms with E-state index in [1.165, 1.54) is 0 Å². The number of nitrogen functional groups attached to an aromatic ring is 1. The highest BCUT2D eigenvalue weighted by Crippen LogP contribution is 2.35. The predicted octanol–water partition coefficient (Wildman–Crippen LogP) is 1.76. The molecule has 1 aliphatic heterocycles. The van der Waals surface area contributed by atoms with Crippen molar-refractivity contribution < 1.29 is 9.47 Å². The smallest absolute Gasteiger partial charge is 0.231 e. The maximum Gasteiger partial charge on any atom is 0.231 e. The first-order valence-corrected chi connectivity index (χ1v) is 5.23. The van der Waals surface area contributed by atoms with Gasteiger partial charge in [-0.25, -0.2) is 9.97 Å². The molecule has 0 fully saturated rings. The second-order valence-electron chi connectivity index (χ2n) is 3.83. The third kappa shape index (κ3) is 1.75. The third-order valence-electron chi connectivity index (χ3n) is 2.50. The molecule has 0 amide bonds. The number of hydrogen-bond acceptors (Lipinski definition) is 5. The zero-order chi connectivity index (χ0) is 11.8. The Balaban J connectivity index is 2.09. The zero-order valence-electron chi connectivity index (χ0n) is 9.30. The standard InChI is InChI=1S/C12H11N3O2/c1-7-4-11(13)15-12(14-7)8-2-3-9-10(5-8)17-6-16-9/h2-5H,6H2,1H3,(H2,13,14,15). The van der Waals surface area contributed by atoms with E-state index >= 15 is 0 Å². The van der Waals surface area contributed by atoms with Crippen LogP contribution in [0.25, 0.3) is 11.4 Å². The summed E-state index contributed by atoms with van der Waals surface area (Å²) in [6, 6.07) is 7.33. The first-order chi connectivity index (χ1) is 8.22. The molecule has 0 spiro atoms. The Hall–Kier alpha value is -2.30. The Labute approximate surface area is 98.2 Å². The number of anilines is 1. The summed E-state index contributed by atoms with van der Waals surface area (Å²) in [5.74, 6) is 2.52. The predicted molar refractivity (Wildman–Crippen MR) is 62.7 cm³/mol. The van der Waals surface area contributed by atoms with Crippen LogP contribution in [0.3, 0.4) is 0 Å². The van der Waals surface area contributed by atoms with Crippen molar-refractivity contribution >= 4 is 5.82 Å². The van der Waals surface area contributed by atoms with Gasteiger partial charge in [-0.05, 0) is 25.1 Å². The van der Waals surface area contributed by atoms with Gasteiger partial charge in [0.05, 0.1) is 0 Å². The topological polar surface area (TPSA) is 70.3 Å². The summed E-state index contributed by atoms with van der Waals surface area (Å²) in [6.07, 6.45) is 0. The highest BCUT2D eigenvalue weighted by Gasteiger charge is 2.15. The van der Waals surface area contributed by atoms with Crippen LogP contribution in [0.15, 0.2) is 24.3 Å². The van der Waals surface area contributed by atoms with Crippen molar-refractivity contribution in [1.82, 2.24) is 9.97 Å². The third-order valence-corrected chi connectivity index (χ3v) is 2.50. The molecule has 2 N–H and O–H groups in total. The van der Waals surface area contributed by atoms with Gasteiger partial charge in [-0.15, -0.1) is 0 Å². The van der Waals surface area contributed by atoms with Crippen LogP contribution in [0.4, 0.5) is 5.82 Å². The van der Waals surface area contributed by atoms with Gasteiger partial charge in [-0.3, -0.25) is 0 Å². The molecule has 5 heteroatoms. The molecule has 17 heavy (non-hydrogen) atoms. The Morgan fingerprint density at radius 3 is 2.76 bits per heavy atom. The molecule has 0 saturated heterocycles. The SMILES string of the molecule is Cc1cc(N)nc(-c2ccc3c(c2)OCO3)n1. The van der Waals surface area contributed by atoms with Gasteiger partial charge in [0.25, 0.3) is 0 Å². The van der Waals surface area contributed by atoms with Gasteiger partial charge >= 0.3 is 0 Å². The van der Waals surface area contributed by atoms with Crippen molar-refractivity contribution in [1.29, 1.82) is 0 Å². The lowest BCUT2D eigenvalue weighted by Gasteiger charge is -2.04. The molecule has 0 aliphatic carbocycles. The van der Waals surface area contributed by atoms with Gasteiger partial charge in [-0.1, -0.05) is 0 Å². The lowest BCUT2D eigenvalue weighted by Crippen LogP contribution is -1.97. The summed E-state index contributed by atoms with van der Waals surface area (Å²) in [7, 11) is 0. The molecule has 0 atom stereocenters. The number of ether oxygens (including phenoxy) is 2. The van der Waals surface area contributed by atoms with E-state index in [0.717, 1.165) is 17.0 Å². The second kappa shape index (κ2) is 3.62. The minimum atomic E-state index is 0.260. The van der Waals surface area contributed by atoms with Crippen molar-refractivity contribution in [3.05, 3.63) is 30.0 Å². The summed E-state index contributed by atoms with van der Waals surface area (Å²) in [4.78, 5) is 8.54. The second-order valence-corrected chi connectivity index (χ2v) is 3.83. The van der Waals surface area contributed by atoms with Crippen LogP contribution in [0.1, 0.15) is 5.69 Å². The minimum Gasteiger partial charge on any atom is -0.454 e. The highest BCUT2D eigenvalue weighted by molar-refractivity contribution is 5.62. The summed E-state index contributed by atoms with van der Waals surface area (Å²) in [6.45, 7) is 2.14. The van der Waals surface area contributed by atoms with Crippen LogP contribution >= 0.6 is 0 Å². The Kier molecular flexibility index (Phi) is 2.11. The fourth-order valence-corrected chi connectivity index (χ4v) is 1.76. The maximum atomic E-state index is 5.70. The summed E-state index contributed by atoms with van der Waals surface area (Å²) in [5.41, 5.74) is 7.41. The number of hydrogen-bond donors (Lipinski definition) is 1. The minimum absolute atomic E-state index is 0.260. The molecule has 1 aromatic heterocycles. The van der Waals surface area contributed by atoms with Gasteiger partial charge in [0.2, 0.25) is 6.79 Å². The first kappa shape index (κ1) is 9.89. The van der Waals surface area contributed by atoms with Gasteiger partial charge in [0.1, 0.15) is 5.82 Å². The summed E-state index contributed by atoms with van der Waals surface area (Å²) in [5, 5.41) is 0. The maximum absolute atomic E-state index is 5.70. The van der Waals surface area contributed by atoms with E-state index < -0.39 is 0 Å². The number of nitrogens with two attached hydrogens (primary N) is 1. The summed E-state index contributed by atoms with van der Waals surface area (Å²) >= 11 is 0. The average molecular weight is 229 g/mol. The quantitative estimate of drug-likeness (QED) is 0.806. The van der Waals surface area contributed by atoms with E-state index in [0.29, 0.717) is 17.4 Å². The van der Waals surface area contributed by atoms with Gasteiger partial charge < -0.3 is 15.2 Å². The number of nitrogens with zero attached hydrogens (tertiary/aromatic N) is 2. The molecule has 5 nitrogen and oxygen atoms in total. The Morgan fingerprint density at radius 1 is 1.12 bits per heavy atom. The number of benzene rings is 1. The average Bonchev–Trinajstić information content (AvgIpc) is 2.74. The molecule has 1 aliphatic rings. The van der Waals surface area contributed by atoms with E-state index in [1.807, 2.05) is 25.1 Å². The van der Waals surface area contributed by atoms with Gasteiger partial charge in [0, 0.05) is 17.3 Å². The van der Waals surface area contributed by atoms with E-state index in [2.05, 4.69) is 9.97 Å². The molecule has 3 rings (SSSR count). The van der Waals surface area contributed by atoms with Crippen molar-refractivity contribution in [3.63, 3.8) is 0 Å². The number of rotatable bonds is 1. The monoisotopic (exact) mass is 229 g/mol. The van der Waals surface area contributed by atoms with Crippen LogP contribution in [0.5, 0.6) is 11.5 Å². The molecule has 0 saturated carbocycles. The van der Waals surface area contributed by atoms with Crippen molar-refractivity contribution in [2.75, 3.05) is 12.5 Å². The van der Waals surface area contributed by atoms with Crippen LogP contribution in [-0.2, 0) is 0 Å². The molecule has 0 bridgehead atoms. The lowest BCUT2D eigenvalue weighted by atomic mass is 10.2. The normalized spacial score (nSPS) is 12.8. The van der Waals surface area contributed by atoms with E-state index in [-0.39, 0.29) is 6.79 Å². The van der Waals surface area contributed by atoms with E-state index in [4.69, 9.17) is 15.2 Å². The largest absolute Gasteiger partial charge is 0.454 e. The summed E-state index contributed by atoms with van der Waals surface area (Å²) < 4.78 is 10.6. The van der Waals surface area contributed by atoms with Crippen molar-refractivity contribution in [3.8, 4) is 22.9 Å². The molecule has 0 radical (unpaired) electrons. The number of fused-ring (bicyclic) bond motifs is 1. The van der Waals surface area contributed by atoms with Crippen LogP contribution in [0.2, 0.25) is 0 Å². The number of aromatic nitrogens is 2. The van der Waals surface area contributed by atoms with Crippen LogP contribution in [-0.4, -0.2) is 16.8 Å². The molecule has 2 heterocycles. The zero-order valence-corrected chi connectivity index (χ0v) is 9.30. The first-order valence-electron chi connectivity index (χ1n) is 5.23. The highest BCUT2D eigenvalue weighted by atomic mass is 16.7. The van der Waals surface area contributed by atoms with Crippen molar-refractivity contribution in [2.45, 2.75) is 6.92 Å². The number of aryl methyl sites for hydroxylation is 1. The Bertz CT molecular complexity index is 564. The Morgan fingerprint density at radius 2 is 1.94 bits per heavy atom. The lowest BCUT2D eigenvalue weighted by molar-refractivity contribution is 0.174. The molecular formula is C12H11N3O2. The molecular weight excluding hydrogens is 218 g/mol. The van der Waals surface area contributed by atoms with Crippen molar-refractivity contribution in [2.24, 2.45) is 0 Å². The molecule has 2 aromatic rings. The molecule has 86 valence electrons. The molecule has 0 unspecified atom stereocenters.